The van der Waals surface area contributed by atoms with E-state index in [1.165, 1.54) is 32.6 Å². The van der Waals surface area contributed by atoms with E-state index in [0.29, 0.717) is 6.04 Å². The van der Waals surface area contributed by atoms with Crippen molar-refractivity contribution >= 4 is 15.9 Å². The number of alkyl halides is 1. The van der Waals surface area contributed by atoms with E-state index in [-0.39, 0.29) is 0 Å². The molecular formula is C13H27BrN2. The first-order chi connectivity index (χ1) is 7.54. The molecular weight excluding hydrogens is 264 g/mol. The van der Waals surface area contributed by atoms with Gasteiger partial charge in [-0.3, -0.25) is 4.90 Å². The molecule has 0 aromatic rings. The van der Waals surface area contributed by atoms with Gasteiger partial charge in [-0.2, -0.15) is 0 Å². The predicted octanol–water partition coefficient (Wildman–Crippen LogP) is 2.68. The fourth-order valence-electron chi connectivity index (χ4n) is 2.43. The van der Waals surface area contributed by atoms with Gasteiger partial charge >= 0.3 is 0 Å². The average molecular weight is 291 g/mol. The third-order valence-corrected chi connectivity index (χ3v) is 4.63. The number of rotatable bonds is 4. The fourth-order valence-corrected chi connectivity index (χ4v) is 3.38. The van der Waals surface area contributed by atoms with Gasteiger partial charge in [0.25, 0.3) is 0 Å². The number of nitrogens with zero attached hydrogens (tertiary/aromatic N) is 2. The summed E-state index contributed by atoms with van der Waals surface area (Å²) < 4.78 is 0. The van der Waals surface area contributed by atoms with Gasteiger partial charge in [0.15, 0.2) is 0 Å². The molecule has 0 aromatic carbocycles. The van der Waals surface area contributed by atoms with E-state index < -0.39 is 0 Å². The van der Waals surface area contributed by atoms with Crippen LogP contribution in [0.5, 0.6) is 0 Å². The third kappa shape index (κ3) is 4.34. The molecule has 0 amide bonds. The van der Waals surface area contributed by atoms with Gasteiger partial charge in [0.1, 0.15) is 0 Å². The molecule has 0 bridgehead atoms. The first-order valence-corrected chi connectivity index (χ1v) is 7.65. The second-order valence-corrected chi connectivity index (χ2v) is 6.27. The topological polar surface area (TPSA) is 6.48 Å². The van der Waals surface area contributed by atoms with E-state index in [2.05, 4.69) is 53.5 Å². The molecule has 2 nitrogen and oxygen atoms in total. The average Bonchev–Trinajstić information content (AvgIpc) is 2.36. The molecule has 0 aromatic heterocycles. The summed E-state index contributed by atoms with van der Waals surface area (Å²) in [5, 5.41) is 1.13. The maximum absolute atomic E-state index is 3.66. The van der Waals surface area contributed by atoms with Gasteiger partial charge in [-0.15, -0.1) is 0 Å². The molecule has 0 saturated carbocycles. The Morgan fingerprint density at radius 2 is 2.00 bits per heavy atom. The van der Waals surface area contributed by atoms with Gasteiger partial charge in [0, 0.05) is 24.5 Å². The highest BCUT2D eigenvalue weighted by Crippen LogP contribution is 2.18. The monoisotopic (exact) mass is 290 g/mol. The van der Waals surface area contributed by atoms with E-state index in [1.54, 1.807) is 0 Å². The van der Waals surface area contributed by atoms with E-state index in [1.807, 2.05) is 0 Å². The molecule has 1 fully saturated rings. The molecule has 0 spiro atoms. The minimum absolute atomic E-state index is 0.702. The van der Waals surface area contributed by atoms with E-state index in [4.69, 9.17) is 0 Å². The molecule has 1 heterocycles. The van der Waals surface area contributed by atoms with Crippen molar-refractivity contribution in [2.45, 2.75) is 33.2 Å². The van der Waals surface area contributed by atoms with Crippen molar-refractivity contribution in [2.75, 3.05) is 38.6 Å². The van der Waals surface area contributed by atoms with Gasteiger partial charge in [-0.25, -0.2) is 0 Å². The summed E-state index contributed by atoms with van der Waals surface area (Å²) >= 11 is 3.66. The summed E-state index contributed by atoms with van der Waals surface area (Å²) in [5.74, 6) is 1.55. The maximum atomic E-state index is 3.66. The summed E-state index contributed by atoms with van der Waals surface area (Å²) in [7, 11) is 2.24. The highest BCUT2D eigenvalue weighted by Gasteiger charge is 2.23. The van der Waals surface area contributed by atoms with Crippen LogP contribution in [-0.4, -0.2) is 54.4 Å². The Bertz CT molecular complexity index is 196. The Morgan fingerprint density at radius 3 is 2.56 bits per heavy atom. The quantitative estimate of drug-likeness (QED) is 0.735. The summed E-state index contributed by atoms with van der Waals surface area (Å²) in [6, 6.07) is 0.702. The predicted molar refractivity (Wildman–Crippen MR) is 75.3 cm³/mol. The zero-order valence-corrected chi connectivity index (χ0v) is 12.8. The third-order valence-electron chi connectivity index (χ3n) is 3.79. The minimum atomic E-state index is 0.702. The zero-order valence-electron chi connectivity index (χ0n) is 11.2. The molecule has 16 heavy (non-hydrogen) atoms. The number of halogens is 1. The van der Waals surface area contributed by atoms with E-state index in [9.17, 15) is 0 Å². The molecule has 2 atom stereocenters. The smallest absolute Gasteiger partial charge is 0.0194 e. The lowest BCUT2D eigenvalue weighted by molar-refractivity contribution is 0.164. The summed E-state index contributed by atoms with van der Waals surface area (Å²) in [5.41, 5.74) is 0. The van der Waals surface area contributed by atoms with Crippen LogP contribution in [0.15, 0.2) is 0 Å². The summed E-state index contributed by atoms with van der Waals surface area (Å²) in [6.07, 6.45) is 1.31. The molecule has 1 aliphatic heterocycles. The van der Waals surface area contributed by atoms with Crippen LogP contribution in [-0.2, 0) is 0 Å². The Kier molecular flexibility index (Phi) is 6.30. The molecule has 0 N–H and O–H groups in total. The van der Waals surface area contributed by atoms with Crippen molar-refractivity contribution in [3.63, 3.8) is 0 Å². The Labute approximate surface area is 109 Å². The van der Waals surface area contributed by atoms with Crippen molar-refractivity contribution in [3.8, 4) is 0 Å². The second kappa shape index (κ2) is 6.97. The number of hydrogen-bond acceptors (Lipinski definition) is 2. The van der Waals surface area contributed by atoms with E-state index in [0.717, 1.165) is 17.2 Å². The number of likely N-dealkylation sites (N-methyl/N-ethyl adjacent to an activating group) is 1. The van der Waals surface area contributed by atoms with E-state index >= 15 is 0 Å². The maximum Gasteiger partial charge on any atom is 0.0194 e. The molecule has 0 radical (unpaired) electrons. The van der Waals surface area contributed by atoms with Gasteiger partial charge in [0.05, 0.1) is 0 Å². The lowest BCUT2D eigenvalue weighted by Crippen LogP contribution is -2.41. The normalized spacial score (nSPS) is 27.0. The lowest BCUT2D eigenvalue weighted by Gasteiger charge is -2.32. The highest BCUT2D eigenvalue weighted by molar-refractivity contribution is 9.09. The van der Waals surface area contributed by atoms with Gasteiger partial charge in [0.2, 0.25) is 0 Å². The zero-order chi connectivity index (χ0) is 12.1. The molecule has 1 saturated heterocycles. The fraction of sp³-hybridized carbons (Fsp3) is 1.00. The van der Waals surface area contributed by atoms with Crippen LogP contribution in [0, 0.1) is 11.8 Å². The first-order valence-electron chi connectivity index (χ1n) is 6.53. The summed E-state index contributed by atoms with van der Waals surface area (Å²) in [6.45, 7) is 12.0. The van der Waals surface area contributed by atoms with Crippen LogP contribution in [0.25, 0.3) is 0 Å². The summed E-state index contributed by atoms with van der Waals surface area (Å²) in [4.78, 5) is 5.14. The van der Waals surface area contributed by atoms with Gasteiger partial charge in [-0.1, -0.05) is 29.8 Å². The van der Waals surface area contributed by atoms with Gasteiger partial charge in [-0.05, 0) is 45.3 Å². The van der Waals surface area contributed by atoms with Crippen molar-refractivity contribution < 1.29 is 0 Å². The molecule has 2 unspecified atom stereocenters. The lowest BCUT2D eigenvalue weighted by atomic mass is 9.97. The van der Waals surface area contributed by atoms with Crippen LogP contribution in [0.3, 0.4) is 0 Å². The Hall–Kier alpha value is 0.400. The largest absolute Gasteiger partial charge is 0.305 e. The molecule has 0 aliphatic carbocycles. The standard InChI is InChI=1S/C13H27BrN2/c1-11(2)13(8-14)10-16-7-5-6-15(4)9-12(16)3/h11-13H,5-10H2,1-4H3. The first kappa shape index (κ1) is 14.5. The van der Waals surface area contributed by atoms with Crippen LogP contribution in [0.4, 0.5) is 0 Å². The van der Waals surface area contributed by atoms with Crippen LogP contribution < -0.4 is 0 Å². The number of hydrogen-bond donors (Lipinski definition) is 0. The van der Waals surface area contributed by atoms with Gasteiger partial charge < -0.3 is 4.90 Å². The SMILES string of the molecule is CC(C)C(CBr)CN1CCCN(C)CC1C. The Balaban J connectivity index is 2.50. The second-order valence-electron chi connectivity index (χ2n) is 5.62. The molecule has 3 heteroatoms. The van der Waals surface area contributed by atoms with Crippen molar-refractivity contribution in [2.24, 2.45) is 11.8 Å². The molecule has 1 aliphatic rings. The Morgan fingerprint density at radius 1 is 1.31 bits per heavy atom. The van der Waals surface area contributed by atoms with Crippen LogP contribution >= 0.6 is 15.9 Å². The van der Waals surface area contributed by atoms with Crippen molar-refractivity contribution in [3.05, 3.63) is 0 Å². The highest BCUT2D eigenvalue weighted by atomic mass is 79.9. The van der Waals surface area contributed by atoms with Crippen molar-refractivity contribution in [1.29, 1.82) is 0 Å². The molecule has 1 rings (SSSR count). The van der Waals surface area contributed by atoms with Crippen LogP contribution in [0.2, 0.25) is 0 Å². The van der Waals surface area contributed by atoms with Crippen LogP contribution in [0.1, 0.15) is 27.2 Å². The molecule has 96 valence electrons. The van der Waals surface area contributed by atoms with Crippen molar-refractivity contribution in [1.82, 2.24) is 9.80 Å². The minimum Gasteiger partial charge on any atom is -0.305 e.